The van der Waals surface area contributed by atoms with Crippen LogP contribution in [0.15, 0.2) is 47.6 Å². The van der Waals surface area contributed by atoms with Gasteiger partial charge in [-0.25, -0.2) is 5.43 Å². The van der Waals surface area contributed by atoms with Crippen molar-refractivity contribution in [3.05, 3.63) is 58.6 Å². The summed E-state index contributed by atoms with van der Waals surface area (Å²) in [5.41, 5.74) is 3.92. The van der Waals surface area contributed by atoms with Crippen molar-refractivity contribution in [2.45, 2.75) is 6.42 Å². The van der Waals surface area contributed by atoms with Crippen molar-refractivity contribution in [3.63, 3.8) is 0 Å². The van der Waals surface area contributed by atoms with E-state index >= 15 is 0 Å². The molecule has 0 fully saturated rings. The van der Waals surface area contributed by atoms with Crippen LogP contribution in [0.25, 0.3) is 0 Å². The minimum absolute atomic E-state index is 0.162. The molecule has 0 atom stereocenters. The minimum Gasteiger partial charge on any atom is -0.454 e. The molecule has 1 aliphatic heterocycles. The Morgan fingerprint density at radius 2 is 1.85 bits per heavy atom. The lowest BCUT2D eigenvalue weighted by molar-refractivity contribution is -0.125. The van der Waals surface area contributed by atoms with Gasteiger partial charge in [-0.05, 0) is 41.5 Å². The number of amides is 2. The summed E-state index contributed by atoms with van der Waals surface area (Å²) >= 11 is 5.79. The SMILES string of the molecule is O=C(Cc1ccc(Cl)cc1)NCC(=O)NN=Cc1ccc2c(c1)OCO2. The van der Waals surface area contributed by atoms with Gasteiger partial charge in [0.15, 0.2) is 11.5 Å². The molecule has 0 spiro atoms. The van der Waals surface area contributed by atoms with Crippen molar-refractivity contribution in [1.29, 1.82) is 0 Å². The van der Waals surface area contributed by atoms with Gasteiger partial charge in [-0.15, -0.1) is 0 Å². The largest absolute Gasteiger partial charge is 0.454 e. The summed E-state index contributed by atoms with van der Waals surface area (Å²) in [5.74, 6) is 0.623. The molecule has 0 aliphatic carbocycles. The van der Waals surface area contributed by atoms with Crippen LogP contribution in [0.1, 0.15) is 11.1 Å². The maximum Gasteiger partial charge on any atom is 0.259 e. The van der Waals surface area contributed by atoms with E-state index in [2.05, 4.69) is 15.8 Å². The van der Waals surface area contributed by atoms with Crippen LogP contribution in [0.3, 0.4) is 0 Å². The van der Waals surface area contributed by atoms with E-state index in [9.17, 15) is 9.59 Å². The number of benzene rings is 2. The fraction of sp³-hybridized carbons (Fsp3) is 0.167. The number of rotatable bonds is 6. The second kappa shape index (κ2) is 8.35. The van der Waals surface area contributed by atoms with Gasteiger partial charge in [0.25, 0.3) is 5.91 Å². The molecule has 0 saturated carbocycles. The normalized spacial score (nSPS) is 12.2. The molecule has 134 valence electrons. The summed E-state index contributed by atoms with van der Waals surface area (Å²) in [7, 11) is 0. The second-order valence-electron chi connectivity index (χ2n) is 5.49. The lowest BCUT2D eigenvalue weighted by atomic mass is 10.1. The molecule has 0 bridgehead atoms. The van der Waals surface area contributed by atoms with Crippen LogP contribution in [0.4, 0.5) is 0 Å². The molecule has 26 heavy (non-hydrogen) atoms. The summed E-state index contributed by atoms with van der Waals surface area (Å²) in [6.45, 7) is 0.0350. The van der Waals surface area contributed by atoms with Gasteiger partial charge >= 0.3 is 0 Å². The topological polar surface area (TPSA) is 89.0 Å². The van der Waals surface area contributed by atoms with Crippen LogP contribution < -0.4 is 20.2 Å². The number of nitrogens with one attached hydrogen (secondary N) is 2. The number of nitrogens with zero attached hydrogens (tertiary/aromatic N) is 1. The number of fused-ring (bicyclic) bond motifs is 1. The van der Waals surface area contributed by atoms with Crippen LogP contribution in [-0.4, -0.2) is 31.4 Å². The zero-order valence-electron chi connectivity index (χ0n) is 13.7. The fourth-order valence-corrected chi connectivity index (χ4v) is 2.37. The van der Waals surface area contributed by atoms with Gasteiger partial charge in [0.2, 0.25) is 12.7 Å². The van der Waals surface area contributed by atoms with Gasteiger partial charge < -0.3 is 14.8 Å². The number of carbonyl (C=O) groups is 2. The standard InChI is InChI=1S/C18H16ClN3O4/c19-14-4-1-12(2-5-14)8-17(23)20-10-18(24)22-21-9-13-3-6-15-16(7-13)26-11-25-15/h1-7,9H,8,10-11H2,(H,20,23)(H,22,24). The average molecular weight is 374 g/mol. The Labute approximate surface area is 154 Å². The molecular weight excluding hydrogens is 358 g/mol. The van der Waals surface area contributed by atoms with E-state index in [4.69, 9.17) is 21.1 Å². The van der Waals surface area contributed by atoms with Gasteiger partial charge in [0.1, 0.15) is 0 Å². The third kappa shape index (κ3) is 4.97. The molecule has 8 heteroatoms. The third-order valence-corrected chi connectivity index (χ3v) is 3.78. The first-order valence-electron chi connectivity index (χ1n) is 7.83. The van der Waals surface area contributed by atoms with Gasteiger partial charge in [-0.1, -0.05) is 23.7 Å². The molecule has 0 saturated heterocycles. The maximum atomic E-state index is 11.8. The molecule has 2 amide bonds. The van der Waals surface area contributed by atoms with Crippen molar-refractivity contribution in [2.75, 3.05) is 13.3 Å². The van der Waals surface area contributed by atoms with E-state index in [1.165, 1.54) is 6.21 Å². The first-order chi connectivity index (χ1) is 12.6. The molecule has 1 aliphatic rings. The molecule has 0 aromatic heterocycles. The molecule has 0 radical (unpaired) electrons. The summed E-state index contributed by atoms with van der Waals surface area (Å²) in [4.78, 5) is 23.5. The van der Waals surface area contributed by atoms with Crippen LogP contribution in [0.2, 0.25) is 5.02 Å². The van der Waals surface area contributed by atoms with Gasteiger partial charge in [-0.2, -0.15) is 5.10 Å². The molecule has 3 rings (SSSR count). The molecular formula is C18H16ClN3O4. The van der Waals surface area contributed by atoms with Gasteiger partial charge in [-0.3, -0.25) is 9.59 Å². The van der Waals surface area contributed by atoms with E-state index in [1.807, 2.05) is 0 Å². The molecule has 0 unspecified atom stereocenters. The number of hydrogen-bond acceptors (Lipinski definition) is 5. The van der Waals surface area contributed by atoms with Crippen molar-refractivity contribution >= 4 is 29.6 Å². The molecule has 7 nitrogen and oxygen atoms in total. The van der Waals surface area contributed by atoms with Crippen molar-refractivity contribution in [1.82, 2.24) is 10.7 Å². The molecule has 2 N–H and O–H groups in total. The first-order valence-corrected chi connectivity index (χ1v) is 8.20. The highest BCUT2D eigenvalue weighted by atomic mass is 35.5. The highest BCUT2D eigenvalue weighted by Gasteiger charge is 2.12. The summed E-state index contributed by atoms with van der Waals surface area (Å²) < 4.78 is 10.5. The van der Waals surface area contributed by atoms with Crippen molar-refractivity contribution < 1.29 is 19.1 Å². The van der Waals surface area contributed by atoms with Crippen molar-refractivity contribution in [3.8, 4) is 11.5 Å². The number of hydrazone groups is 1. The lowest BCUT2D eigenvalue weighted by Gasteiger charge is -2.04. The smallest absolute Gasteiger partial charge is 0.259 e. The van der Waals surface area contributed by atoms with E-state index in [-0.39, 0.29) is 25.7 Å². The molecule has 2 aromatic rings. The van der Waals surface area contributed by atoms with Gasteiger partial charge in [0.05, 0.1) is 19.2 Å². The van der Waals surface area contributed by atoms with E-state index in [1.54, 1.807) is 42.5 Å². The minimum atomic E-state index is -0.425. The fourth-order valence-electron chi connectivity index (χ4n) is 2.24. The summed E-state index contributed by atoms with van der Waals surface area (Å²) in [5, 5.41) is 6.99. The first kappa shape index (κ1) is 17.8. The number of halogens is 1. The Kier molecular flexibility index (Phi) is 5.70. The van der Waals surface area contributed by atoms with Gasteiger partial charge in [0, 0.05) is 5.02 Å². The molecule has 2 aromatic carbocycles. The third-order valence-electron chi connectivity index (χ3n) is 3.52. The second-order valence-corrected chi connectivity index (χ2v) is 5.92. The Balaban J connectivity index is 1.41. The van der Waals surface area contributed by atoms with Crippen LogP contribution in [0, 0.1) is 0 Å². The summed E-state index contributed by atoms with van der Waals surface area (Å²) in [6, 6.07) is 12.3. The lowest BCUT2D eigenvalue weighted by Crippen LogP contribution is -2.35. The van der Waals surface area contributed by atoms with E-state index in [0.717, 1.165) is 11.1 Å². The zero-order valence-corrected chi connectivity index (χ0v) is 14.5. The Hall–Kier alpha value is -3.06. The van der Waals surface area contributed by atoms with Crippen molar-refractivity contribution in [2.24, 2.45) is 5.10 Å². The van der Waals surface area contributed by atoms with E-state index < -0.39 is 5.91 Å². The predicted octanol–water partition coefficient (Wildman–Crippen LogP) is 1.88. The number of ether oxygens (including phenoxy) is 2. The quantitative estimate of drug-likeness (QED) is 0.597. The molecule has 1 heterocycles. The Morgan fingerprint density at radius 3 is 2.65 bits per heavy atom. The Bertz CT molecular complexity index is 837. The Morgan fingerprint density at radius 1 is 1.08 bits per heavy atom. The average Bonchev–Trinajstić information content (AvgIpc) is 3.10. The number of carbonyl (C=O) groups excluding carboxylic acids is 2. The van der Waals surface area contributed by atoms with Crippen LogP contribution >= 0.6 is 11.6 Å². The predicted molar refractivity (Wildman–Crippen MR) is 96.5 cm³/mol. The maximum absolute atomic E-state index is 11.8. The summed E-state index contributed by atoms with van der Waals surface area (Å²) in [6.07, 6.45) is 1.65. The van der Waals surface area contributed by atoms with Crippen LogP contribution in [0.5, 0.6) is 11.5 Å². The highest BCUT2D eigenvalue weighted by Crippen LogP contribution is 2.31. The van der Waals surface area contributed by atoms with E-state index in [0.29, 0.717) is 16.5 Å². The highest BCUT2D eigenvalue weighted by molar-refractivity contribution is 6.30. The monoisotopic (exact) mass is 373 g/mol. The van der Waals surface area contributed by atoms with Crippen LogP contribution in [-0.2, 0) is 16.0 Å². The zero-order chi connectivity index (χ0) is 18.4. The number of hydrogen-bond donors (Lipinski definition) is 2.